The molecule has 0 aliphatic heterocycles. The molecular formula is C18H20N2OS2. The van der Waals surface area contributed by atoms with E-state index >= 15 is 0 Å². The zero-order valence-electron chi connectivity index (χ0n) is 13.1. The highest BCUT2D eigenvalue weighted by Crippen LogP contribution is 2.27. The summed E-state index contributed by atoms with van der Waals surface area (Å²) in [7, 11) is 0. The molecule has 0 radical (unpaired) electrons. The van der Waals surface area contributed by atoms with E-state index in [1.54, 1.807) is 10.8 Å². The first kappa shape index (κ1) is 17.4. The van der Waals surface area contributed by atoms with Crippen molar-refractivity contribution in [3.05, 3.63) is 57.4 Å². The van der Waals surface area contributed by atoms with Crippen molar-refractivity contribution in [1.29, 1.82) is 0 Å². The number of aliphatic imine (C=N–C) groups is 1. The molecule has 0 unspecified atom stereocenters. The van der Waals surface area contributed by atoms with E-state index in [4.69, 9.17) is 12.2 Å². The fourth-order valence-electron chi connectivity index (χ4n) is 1.94. The molecule has 1 aromatic carbocycles. The molecule has 5 heteroatoms. The summed E-state index contributed by atoms with van der Waals surface area (Å²) in [6, 6.07) is 9.77. The maximum Gasteiger partial charge on any atom is 0.210 e. The Hall–Kier alpha value is -1.98. The number of aromatic hydroxyl groups is 1. The van der Waals surface area contributed by atoms with Crippen LogP contribution in [0.3, 0.4) is 0 Å². The number of thiazole rings is 1. The Labute approximate surface area is 146 Å². The smallest absolute Gasteiger partial charge is 0.210 e. The van der Waals surface area contributed by atoms with Gasteiger partial charge in [-0.05, 0) is 42.9 Å². The van der Waals surface area contributed by atoms with Crippen molar-refractivity contribution in [3.8, 4) is 5.88 Å². The third-order valence-electron chi connectivity index (χ3n) is 3.16. The van der Waals surface area contributed by atoms with E-state index < -0.39 is 0 Å². The molecular weight excluding hydrogens is 324 g/mol. The molecule has 0 saturated carbocycles. The standard InChI is InChI=1S/C18H20N2OS2/c1-2-3-14-20-17(21)16(23-18(20)22)12-8-5-9-13-19-15-10-6-4-7-11-15/h4-13,21H,2-3,14H2,1H3/b9-5+,12-8?,19-13?. The van der Waals surface area contributed by atoms with E-state index in [2.05, 4.69) is 11.9 Å². The van der Waals surface area contributed by atoms with Crippen LogP contribution in [0.15, 0.2) is 53.6 Å². The van der Waals surface area contributed by atoms with Crippen molar-refractivity contribution in [3.63, 3.8) is 0 Å². The van der Waals surface area contributed by atoms with Gasteiger partial charge in [0.25, 0.3) is 0 Å². The van der Waals surface area contributed by atoms with E-state index in [1.165, 1.54) is 11.3 Å². The molecule has 1 heterocycles. The molecule has 2 aromatic rings. The van der Waals surface area contributed by atoms with Crippen molar-refractivity contribution in [2.75, 3.05) is 0 Å². The number of unbranched alkanes of at least 4 members (excludes halogenated alkanes) is 1. The number of nitrogens with zero attached hydrogens (tertiary/aromatic N) is 2. The van der Waals surface area contributed by atoms with E-state index in [9.17, 15) is 5.11 Å². The fourth-order valence-corrected chi connectivity index (χ4v) is 3.21. The lowest BCUT2D eigenvalue weighted by atomic mass is 10.3. The van der Waals surface area contributed by atoms with Crippen LogP contribution < -0.4 is 0 Å². The molecule has 0 spiro atoms. The minimum absolute atomic E-state index is 0.260. The molecule has 1 aromatic heterocycles. The summed E-state index contributed by atoms with van der Waals surface area (Å²) in [6.07, 6.45) is 11.3. The first-order valence-electron chi connectivity index (χ1n) is 7.57. The Kier molecular flexibility index (Phi) is 6.97. The Bertz CT molecular complexity index is 755. The Morgan fingerprint density at radius 1 is 1.22 bits per heavy atom. The van der Waals surface area contributed by atoms with Crippen LogP contribution in [0.2, 0.25) is 0 Å². The van der Waals surface area contributed by atoms with Crippen molar-refractivity contribution < 1.29 is 5.11 Å². The van der Waals surface area contributed by atoms with Crippen LogP contribution in [0.25, 0.3) is 6.08 Å². The Morgan fingerprint density at radius 2 is 2.00 bits per heavy atom. The third-order valence-corrected chi connectivity index (χ3v) is 4.57. The molecule has 0 fully saturated rings. The van der Waals surface area contributed by atoms with Gasteiger partial charge in [0.2, 0.25) is 5.88 Å². The van der Waals surface area contributed by atoms with Crippen molar-refractivity contribution >= 4 is 41.5 Å². The second-order valence-corrected chi connectivity index (χ2v) is 6.59. The topological polar surface area (TPSA) is 37.5 Å². The van der Waals surface area contributed by atoms with Crippen LogP contribution in [0, 0.1) is 3.95 Å². The number of para-hydroxylation sites is 1. The summed E-state index contributed by atoms with van der Waals surface area (Å²) >= 11 is 6.72. The van der Waals surface area contributed by atoms with E-state index in [1.807, 2.05) is 54.6 Å². The van der Waals surface area contributed by atoms with Crippen LogP contribution in [0.4, 0.5) is 5.69 Å². The largest absolute Gasteiger partial charge is 0.493 e. The number of hydrogen-bond donors (Lipinski definition) is 1. The lowest BCUT2D eigenvalue weighted by Crippen LogP contribution is -1.96. The highest BCUT2D eigenvalue weighted by atomic mass is 32.1. The first-order valence-corrected chi connectivity index (χ1v) is 8.80. The maximum atomic E-state index is 10.2. The molecule has 0 bridgehead atoms. The lowest BCUT2D eigenvalue weighted by molar-refractivity contribution is 0.410. The monoisotopic (exact) mass is 344 g/mol. The number of rotatable bonds is 7. The van der Waals surface area contributed by atoms with E-state index in [0.717, 1.165) is 30.0 Å². The van der Waals surface area contributed by atoms with Crippen LogP contribution >= 0.6 is 23.6 Å². The average molecular weight is 345 g/mol. The van der Waals surface area contributed by atoms with Gasteiger partial charge in [-0.1, -0.05) is 43.7 Å². The summed E-state index contributed by atoms with van der Waals surface area (Å²) in [5.41, 5.74) is 0.921. The number of allylic oxidation sites excluding steroid dienone is 3. The summed E-state index contributed by atoms with van der Waals surface area (Å²) in [4.78, 5) is 5.09. The molecule has 120 valence electrons. The summed E-state index contributed by atoms with van der Waals surface area (Å²) in [6.45, 7) is 2.89. The van der Waals surface area contributed by atoms with Crippen LogP contribution in [-0.4, -0.2) is 15.9 Å². The Balaban J connectivity index is 1.97. The van der Waals surface area contributed by atoms with Crippen molar-refractivity contribution in [2.24, 2.45) is 4.99 Å². The molecule has 0 saturated heterocycles. The van der Waals surface area contributed by atoms with Crippen molar-refractivity contribution in [2.45, 2.75) is 26.3 Å². The summed E-state index contributed by atoms with van der Waals surface area (Å²) in [5, 5.41) is 10.2. The number of aromatic nitrogens is 1. The molecule has 2 rings (SSSR count). The Morgan fingerprint density at radius 3 is 2.74 bits per heavy atom. The summed E-state index contributed by atoms with van der Waals surface area (Å²) in [5.74, 6) is 0.260. The molecule has 0 atom stereocenters. The SMILES string of the molecule is CCCCn1c(O)c(C=C/C=C/C=Nc2ccccc2)sc1=S. The van der Waals surface area contributed by atoms with Gasteiger partial charge < -0.3 is 5.11 Å². The van der Waals surface area contributed by atoms with Gasteiger partial charge in [-0.3, -0.25) is 9.56 Å². The van der Waals surface area contributed by atoms with Gasteiger partial charge >= 0.3 is 0 Å². The molecule has 0 aliphatic carbocycles. The van der Waals surface area contributed by atoms with Gasteiger partial charge in [0.15, 0.2) is 3.95 Å². The van der Waals surface area contributed by atoms with Gasteiger partial charge in [-0.2, -0.15) is 0 Å². The van der Waals surface area contributed by atoms with E-state index in [0.29, 0.717) is 3.95 Å². The van der Waals surface area contributed by atoms with Gasteiger partial charge in [-0.15, -0.1) is 11.3 Å². The molecule has 3 nitrogen and oxygen atoms in total. The molecule has 1 N–H and O–H groups in total. The van der Waals surface area contributed by atoms with Gasteiger partial charge in [0.05, 0.1) is 10.6 Å². The van der Waals surface area contributed by atoms with Crippen molar-refractivity contribution in [1.82, 2.24) is 4.57 Å². The van der Waals surface area contributed by atoms with Gasteiger partial charge in [0, 0.05) is 12.8 Å². The first-order chi connectivity index (χ1) is 11.2. The predicted molar refractivity (Wildman–Crippen MR) is 102 cm³/mol. The minimum atomic E-state index is 0.260. The highest BCUT2D eigenvalue weighted by molar-refractivity contribution is 7.73. The second kappa shape index (κ2) is 9.22. The maximum absolute atomic E-state index is 10.2. The van der Waals surface area contributed by atoms with Gasteiger partial charge in [-0.25, -0.2) is 0 Å². The highest BCUT2D eigenvalue weighted by Gasteiger charge is 2.08. The molecule has 0 aliphatic rings. The van der Waals surface area contributed by atoms with Crippen LogP contribution in [0.1, 0.15) is 24.6 Å². The summed E-state index contributed by atoms with van der Waals surface area (Å²) < 4.78 is 2.51. The lowest BCUT2D eigenvalue weighted by Gasteiger charge is -2.02. The van der Waals surface area contributed by atoms with E-state index in [-0.39, 0.29) is 5.88 Å². The fraction of sp³-hybridized carbons (Fsp3) is 0.222. The molecule has 23 heavy (non-hydrogen) atoms. The average Bonchev–Trinajstić information content (AvgIpc) is 2.83. The minimum Gasteiger partial charge on any atom is -0.493 e. The van der Waals surface area contributed by atoms with Crippen LogP contribution in [-0.2, 0) is 6.54 Å². The number of hydrogen-bond acceptors (Lipinski definition) is 4. The second-order valence-electron chi connectivity index (χ2n) is 4.92. The molecule has 0 amide bonds. The third kappa shape index (κ3) is 5.30. The van der Waals surface area contributed by atoms with Crippen LogP contribution in [0.5, 0.6) is 5.88 Å². The zero-order chi connectivity index (χ0) is 16.5. The normalized spacial score (nSPS) is 12.0. The predicted octanol–water partition coefficient (Wildman–Crippen LogP) is 5.76. The number of benzene rings is 1. The quantitative estimate of drug-likeness (QED) is 0.394. The zero-order valence-corrected chi connectivity index (χ0v) is 14.7. The van der Waals surface area contributed by atoms with Gasteiger partial charge in [0.1, 0.15) is 0 Å².